The lowest BCUT2D eigenvalue weighted by Crippen LogP contribution is -2.53. The summed E-state index contributed by atoms with van der Waals surface area (Å²) in [7, 11) is 1.57. The second-order valence-corrected chi connectivity index (χ2v) is 4.28. The Morgan fingerprint density at radius 2 is 2.32 bits per heavy atom. The highest BCUT2D eigenvalue weighted by Crippen LogP contribution is 2.16. The lowest BCUT2D eigenvalue weighted by Gasteiger charge is -2.22. The van der Waals surface area contributed by atoms with Crippen molar-refractivity contribution in [2.24, 2.45) is 0 Å². The van der Waals surface area contributed by atoms with Crippen LogP contribution in [0.25, 0.3) is 0 Å². The zero-order valence-corrected chi connectivity index (χ0v) is 10.7. The standard InChI is InChI=1S/C13H17N3O3/c1-19-10-4-2-3-9(7-10)16-12(17)8-11-13(18)15-6-5-14-11/h2-4,7,11,14H,5-6,8H2,1H3,(H,15,18)(H,16,17)/t11-/m1/s1. The summed E-state index contributed by atoms with van der Waals surface area (Å²) in [6.07, 6.45) is 0.114. The van der Waals surface area contributed by atoms with E-state index in [4.69, 9.17) is 4.74 Å². The molecule has 1 saturated heterocycles. The SMILES string of the molecule is COc1cccc(NC(=O)C[C@H]2NCCNC2=O)c1. The molecule has 19 heavy (non-hydrogen) atoms. The minimum atomic E-state index is -0.459. The topological polar surface area (TPSA) is 79.5 Å². The molecule has 0 radical (unpaired) electrons. The van der Waals surface area contributed by atoms with Crippen LogP contribution in [0.3, 0.4) is 0 Å². The van der Waals surface area contributed by atoms with Crippen LogP contribution in [-0.4, -0.2) is 38.1 Å². The summed E-state index contributed by atoms with van der Waals surface area (Å²) in [5.74, 6) is 0.334. The van der Waals surface area contributed by atoms with Crippen molar-refractivity contribution in [2.75, 3.05) is 25.5 Å². The molecule has 2 amide bonds. The van der Waals surface area contributed by atoms with E-state index in [0.29, 0.717) is 24.5 Å². The van der Waals surface area contributed by atoms with E-state index in [2.05, 4.69) is 16.0 Å². The average molecular weight is 263 g/mol. The molecule has 1 aromatic carbocycles. The highest BCUT2D eigenvalue weighted by Gasteiger charge is 2.23. The number of ether oxygens (including phenoxy) is 1. The molecular weight excluding hydrogens is 246 g/mol. The van der Waals surface area contributed by atoms with Crippen LogP contribution >= 0.6 is 0 Å². The Hall–Kier alpha value is -2.08. The summed E-state index contributed by atoms with van der Waals surface area (Å²) in [6, 6.07) is 6.63. The summed E-state index contributed by atoms with van der Waals surface area (Å²) in [5.41, 5.74) is 0.653. The van der Waals surface area contributed by atoms with Crippen LogP contribution in [0.5, 0.6) is 5.75 Å². The number of piperazine rings is 1. The number of carbonyl (C=O) groups excluding carboxylic acids is 2. The number of nitrogens with one attached hydrogen (secondary N) is 3. The van der Waals surface area contributed by atoms with E-state index >= 15 is 0 Å². The molecular formula is C13H17N3O3. The Labute approximate surface area is 111 Å². The summed E-state index contributed by atoms with van der Waals surface area (Å²) < 4.78 is 5.08. The van der Waals surface area contributed by atoms with Crippen LogP contribution < -0.4 is 20.7 Å². The molecule has 1 atom stereocenters. The van der Waals surface area contributed by atoms with Crippen LogP contribution in [0.15, 0.2) is 24.3 Å². The van der Waals surface area contributed by atoms with Crippen molar-refractivity contribution in [3.05, 3.63) is 24.3 Å². The summed E-state index contributed by atoms with van der Waals surface area (Å²) >= 11 is 0. The van der Waals surface area contributed by atoms with Gasteiger partial charge in [-0.15, -0.1) is 0 Å². The highest BCUT2D eigenvalue weighted by atomic mass is 16.5. The Kier molecular flexibility index (Phi) is 4.35. The van der Waals surface area contributed by atoms with Crippen LogP contribution in [-0.2, 0) is 9.59 Å². The van der Waals surface area contributed by atoms with Gasteiger partial charge in [0.2, 0.25) is 11.8 Å². The largest absolute Gasteiger partial charge is 0.497 e. The third kappa shape index (κ3) is 3.69. The molecule has 1 aliphatic rings. The number of hydrogen-bond acceptors (Lipinski definition) is 4. The van der Waals surface area contributed by atoms with E-state index in [1.165, 1.54) is 0 Å². The minimum Gasteiger partial charge on any atom is -0.497 e. The Morgan fingerprint density at radius 3 is 3.05 bits per heavy atom. The molecule has 1 aliphatic heterocycles. The summed E-state index contributed by atoms with van der Waals surface area (Å²) in [5, 5.41) is 8.47. The fourth-order valence-corrected chi connectivity index (χ4v) is 1.91. The molecule has 1 aromatic rings. The predicted octanol–water partition coefficient (Wildman–Crippen LogP) is 0.112. The number of hydrogen-bond donors (Lipinski definition) is 3. The number of benzene rings is 1. The molecule has 0 aromatic heterocycles. The number of methoxy groups -OCH3 is 1. The maximum atomic E-state index is 11.9. The van der Waals surface area contributed by atoms with Gasteiger partial charge in [0, 0.05) is 24.8 Å². The first-order valence-corrected chi connectivity index (χ1v) is 6.14. The van der Waals surface area contributed by atoms with Crippen molar-refractivity contribution in [3.63, 3.8) is 0 Å². The van der Waals surface area contributed by atoms with Crippen molar-refractivity contribution in [1.29, 1.82) is 0 Å². The zero-order chi connectivity index (χ0) is 13.7. The van der Waals surface area contributed by atoms with Gasteiger partial charge in [0.15, 0.2) is 0 Å². The minimum absolute atomic E-state index is 0.114. The van der Waals surface area contributed by atoms with Gasteiger partial charge in [-0.25, -0.2) is 0 Å². The molecule has 6 nitrogen and oxygen atoms in total. The highest BCUT2D eigenvalue weighted by molar-refractivity contribution is 5.95. The van der Waals surface area contributed by atoms with E-state index in [0.717, 1.165) is 0 Å². The molecule has 0 aliphatic carbocycles. The maximum Gasteiger partial charge on any atom is 0.237 e. The molecule has 0 spiro atoms. The number of anilines is 1. The lowest BCUT2D eigenvalue weighted by atomic mass is 10.1. The van der Waals surface area contributed by atoms with E-state index in [-0.39, 0.29) is 18.2 Å². The quantitative estimate of drug-likeness (QED) is 0.720. The molecule has 2 rings (SSSR count). The van der Waals surface area contributed by atoms with Crippen molar-refractivity contribution >= 4 is 17.5 Å². The second-order valence-electron chi connectivity index (χ2n) is 4.28. The molecule has 1 heterocycles. The molecule has 3 N–H and O–H groups in total. The lowest BCUT2D eigenvalue weighted by molar-refractivity contribution is -0.127. The molecule has 0 saturated carbocycles. The first kappa shape index (κ1) is 13.4. The van der Waals surface area contributed by atoms with Crippen LogP contribution in [0, 0.1) is 0 Å². The zero-order valence-electron chi connectivity index (χ0n) is 10.7. The maximum absolute atomic E-state index is 11.9. The van der Waals surface area contributed by atoms with E-state index in [9.17, 15) is 9.59 Å². The van der Waals surface area contributed by atoms with Gasteiger partial charge in [0.1, 0.15) is 5.75 Å². The van der Waals surface area contributed by atoms with Crippen LogP contribution in [0.4, 0.5) is 5.69 Å². The monoisotopic (exact) mass is 263 g/mol. The van der Waals surface area contributed by atoms with E-state index < -0.39 is 6.04 Å². The molecule has 6 heteroatoms. The summed E-state index contributed by atoms with van der Waals surface area (Å²) in [6.45, 7) is 1.29. The normalized spacial score (nSPS) is 18.6. The van der Waals surface area contributed by atoms with Gasteiger partial charge in [0.05, 0.1) is 19.6 Å². The number of carbonyl (C=O) groups is 2. The first-order valence-electron chi connectivity index (χ1n) is 6.14. The Morgan fingerprint density at radius 1 is 1.47 bits per heavy atom. The van der Waals surface area contributed by atoms with Gasteiger partial charge in [-0.2, -0.15) is 0 Å². The number of rotatable bonds is 4. The second kappa shape index (κ2) is 6.19. The number of amides is 2. The van der Waals surface area contributed by atoms with Gasteiger partial charge in [0.25, 0.3) is 0 Å². The van der Waals surface area contributed by atoms with Crippen LogP contribution in [0.2, 0.25) is 0 Å². The molecule has 102 valence electrons. The van der Waals surface area contributed by atoms with E-state index in [1.54, 1.807) is 31.4 Å². The van der Waals surface area contributed by atoms with Crippen molar-refractivity contribution in [3.8, 4) is 5.75 Å². The van der Waals surface area contributed by atoms with Crippen molar-refractivity contribution in [2.45, 2.75) is 12.5 Å². The van der Waals surface area contributed by atoms with E-state index in [1.807, 2.05) is 0 Å². The van der Waals surface area contributed by atoms with Gasteiger partial charge in [-0.1, -0.05) is 6.07 Å². The molecule has 0 bridgehead atoms. The predicted molar refractivity (Wildman–Crippen MR) is 71.0 cm³/mol. The smallest absolute Gasteiger partial charge is 0.237 e. The van der Waals surface area contributed by atoms with Gasteiger partial charge in [-0.05, 0) is 12.1 Å². The fourth-order valence-electron chi connectivity index (χ4n) is 1.91. The van der Waals surface area contributed by atoms with Crippen LogP contribution in [0.1, 0.15) is 6.42 Å². The van der Waals surface area contributed by atoms with Gasteiger partial charge in [-0.3, -0.25) is 9.59 Å². The Bertz CT molecular complexity index is 476. The molecule has 0 unspecified atom stereocenters. The average Bonchev–Trinajstić information content (AvgIpc) is 2.41. The van der Waals surface area contributed by atoms with Crippen molar-refractivity contribution in [1.82, 2.24) is 10.6 Å². The van der Waals surface area contributed by atoms with Crippen molar-refractivity contribution < 1.29 is 14.3 Å². The first-order chi connectivity index (χ1) is 9.19. The summed E-state index contributed by atoms with van der Waals surface area (Å²) in [4.78, 5) is 23.4. The third-order valence-electron chi connectivity index (χ3n) is 2.87. The molecule has 1 fully saturated rings. The fraction of sp³-hybridized carbons (Fsp3) is 0.385. The van der Waals surface area contributed by atoms with Gasteiger partial charge >= 0.3 is 0 Å². The third-order valence-corrected chi connectivity index (χ3v) is 2.87. The van der Waals surface area contributed by atoms with Gasteiger partial charge < -0.3 is 20.7 Å². The Balaban J connectivity index is 1.91.